The molecule has 1 fully saturated rings. The first kappa shape index (κ1) is 16.6. The number of amides is 1. The molecule has 0 saturated carbocycles. The Morgan fingerprint density at radius 1 is 1.25 bits per heavy atom. The van der Waals surface area contributed by atoms with Gasteiger partial charge in [-0.15, -0.1) is 0 Å². The monoisotopic (exact) mass is 335 g/mol. The standard InChI is InChI=1S/C17H19F2N3O2/c1-12-16(10-21-5-2-6-22(11-23)8-7-21)20-17(24-12)14-4-3-13(18)9-15(14)19/h3-4,9,11H,2,5-8,10H2,1H3. The van der Waals surface area contributed by atoms with Crippen LogP contribution in [0, 0.1) is 18.6 Å². The molecule has 0 atom stereocenters. The van der Waals surface area contributed by atoms with E-state index in [4.69, 9.17) is 4.42 Å². The maximum Gasteiger partial charge on any atom is 0.229 e. The summed E-state index contributed by atoms with van der Waals surface area (Å²) in [5.41, 5.74) is 0.877. The molecule has 1 amide bonds. The van der Waals surface area contributed by atoms with Crippen molar-refractivity contribution in [2.45, 2.75) is 19.9 Å². The number of aromatic nitrogens is 1. The van der Waals surface area contributed by atoms with Gasteiger partial charge in [0.15, 0.2) is 0 Å². The molecule has 5 nitrogen and oxygen atoms in total. The minimum atomic E-state index is -0.695. The van der Waals surface area contributed by atoms with Crippen LogP contribution < -0.4 is 0 Å². The third-order valence-electron chi connectivity index (χ3n) is 4.20. The van der Waals surface area contributed by atoms with E-state index >= 15 is 0 Å². The van der Waals surface area contributed by atoms with Gasteiger partial charge in [0.1, 0.15) is 17.4 Å². The maximum atomic E-state index is 13.9. The molecular weight excluding hydrogens is 316 g/mol. The molecule has 2 aromatic rings. The van der Waals surface area contributed by atoms with E-state index in [1.54, 1.807) is 11.8 Å². The molecule has 24 heavy (non-hydrogen) atoms. The van der Waals surface area contributed by atoms with Crippen LogP contribution in [0.1, 0.15) is 17.9 Å². The molecule has 0 bridgehead atoms. The summed E-state index contributed by atoms with van der Waals surface area (Å²) in [5.74, 6) is -0.558. The number of carbonyl (C=O) groups is 1. The second-order valence-corrected chi connectivity index (χ2v) is 5.92. The number of benzene rings is 1. The zero-order valence-electron chi connectivity index (χ0n) is 13.5. The third kappa shape index (κ3) is 3.62. The van der Waals surface area contributed by atoms with Crippen molar-refractivity contribution in [3.8, 4) is 11.5 Å². The van der Waals surface area contributed by atoms with Crippen molar-refractivity contribution < 1.29 is 18.0 Å². The van der Waals surface area contributed by atoms with E-state index < -0.39 is 11.6 Å². The number of halogens is 2. The van der Waals surface area contributed by atoms with Gasteiger partial charge in [-0.05, 0) is 25.5 Å². The van der Waals surface area contributed by atoms with Gasteiger partial charge in [-0.25, -0.2) is 13.8 Å². The molecule has 7 heteroatoms. The number of nitrogens with zero attached hydrogens (tertiary/aromatic N) is 3. The van der Waals surface area contributed by atoms with E-state index in [2.05, 4.69) is 9.88 Å². The normalized spacial score (nSPS) is 16.2. The van der Waals surface area contributed by atoms with Crippen LogP contribution in [0.2, 0.25) is 0 Å². The first-order valence-electron chi connectivity index (χ1n) is 7.90. The van der Waals surface area contributed by atoms with Gasteiger partial charge < -0.3 is 9.32 Å². The first-order chi connectivity index (χ1) is 11.6. The van der Waals surface area contributed by atoms with Crippen LogP contribution in [-0.2, 0) is 11.3 Å². The van der Waals surface area contributed by atoms with Crippen LogP contribution in [0.5, 0.6) is 0 Å². The lowest BCUT2D eigenvalue weighted by Crippen LogP contribution is -2.30. The van der Waals surface area contributed by atoms with E-state index in [9.17, 15) is 13.6 Å². The van der Waals surface area contributed by atoms with Gasteiger partial charge in [0.05, 0.1) is 11.3 Å². The van der Waals surface area contributed by atoms with Crippen molar-refractivity contribution in [2.24, 2.45) is 0 Å². The summed E-state index contributed by atoms with van der Waals surface area (Å²) in [6.07, 6.45) is 1.77. The van der Waals surface area contributed by atoms with Crippen LogP contribution in [0.3, 0.4) is 0 Å². The summed E-state index contributed by atoms with van der Waals surface area (Å²) in [6, 6.07) is 3.32. The molecule has 0 N–H and O–H groups in total. The number of rotatable bonds is 4. The highest BCUT2D eigenvalue weighted by molar-refractivity contribution is 5.54. The Hall–Kier alpha value is -2.28. The predicted molar refractivity (Wildman–Crippen MR) is 84.1 cm³/mol. The number of oxazole rings is 1. The highest BCUT2D eigenvalue weighted by atomic mass is 19.1. The second-order valence-electron chi connectivity index (χ2n) is 5.92. The quantitative estimate of drug-likeness (QED) is 0.806. The molecule has 1 aliphatic heterocycles. The molecule has 0 unspecified atom stereocenters. The number of hydrogen-bond acceptors (Lipinski definition) is 4. The summed E-state index contributed by atoms with van der Waals surface area (Å²) in [7, 11) is 0. The van der Waals surface area contributed by atoms with Gasteiger partial charge in [-0.1, -0.05) is 0 Å². The summed E-state index contributed by atoms with van der Waals surface area (Å²) < 4.78 is 32.5. The Labute approximate surface area is 138 Å². The van der Waals surface area contributed by atoms with E-state index in [1.807, 2.05) is 0 Å². The van der Waals surface area contributed by atoms with Gasteiger partial charge in [-0.2, -0.15) is 0 Å². The fraction of sp³-hybridized carbons (Fsp3) is 0.412. The summed E-state index contributed by atoms with van der Waals surface area (Å²) >= 11 is 0. The molecule has 0 radical (unpaired) electrons. The molecular formula is C17H19F2N3O2. The van der Waals surface area contributed by atoms with Crippen molar-refractivity contribution in [3.05, 3.63) is 41.3 Å². The lowest BCUT2D eigenvalue weighted by Gasteiger charge is -2.18. The third-order valence-corrected chi connectivity index (χ3v) is 4.20. The second kappa shape index (κ2) is 7.09. The topological polar surface area (TPSA) is 49.6 Å². The molecule has 128 valence electrons. The van der Waals surface area contributed by atoms with Crippen LogP contribution in [0.4, 0.5) is 8.78 Å². The van der Waals surface area contributed by atoms with Crippen molar-refractivity contribution in [3.63, 3.8) is 0 Å². The van der Waals surface area contributed by atoms with E-state index in [-0.39, 0.29) is 11.5 Å². The molecule has 0 spiro atoms. The Morgan fingerprint density at radius 3 is 2.83 bits per heavy atom. The molecule has 1 aromatic heterocycles. The Morgan fingerprint density at radius 2 is 2.08 bits per heavy atom. The lowest BCUT2D eigenvalue weighted by molar-refractivity contribution is -0.118. The Kier molecular flexibility index (Phi) is 4.89. The van der Waals surface area contributed by atoms with Crippen LogP contribution >= 0.6 is 0 Å². The van der Waals surface area contributed by atoms with E-state index in [0.717, 1.165) is 44.2 Å². The molecule has 1 aliphatic rings. The zero-order chi connectivity index (χ0) is 17.1. The average molecular weight is 335 g/mol. The van der Waals surface area contributed by atoms with Gasteiger partial charge >= 0.3 is 0 Å². The molecule has 2 heterocycles. The van der Waals surface area contributed by atoms with Gasteiger partial charge in [0.25, 0.3) is 0 Å². The highest BCUT2D eigenvalue weighted by Crippen LogP contribution is 2.25. The van der Waals surface area contributed by atoms with Crippen LogP contribution in [0.15, 0.2) is 22.6 Å². The smallest absolute Gasteiger partial charge is 0.229 e. The van der Waals surface area contributed by atoms with Crippen molar-refractivity contribution in [2.75, 3.05) is 26.2 Å². The maximum absolute atomic E-state index is 13.9. The summed E-state index contributed by atoms with van der Waals surface area (Å²) in [6.45, 7) is 5.40. The van der Waals surface area contributed by atoms with Gasteiger partial charge in [0.2, 0.25) is 12.3 Å². The summed E-state index contributed by atoms with van der Waals surface area (Å²) in [4.78, 5) is 19.2. The lowest BCUT2D eigenvalue weighted by atomic mass is 10.2. The fourth-order valence-electron chi connectivity index (χ4n) is 2.82. The molecule has 1 aromatic carbocycles. The number of hydrogen-bond donors (Lipinski definition) is 0. The van der Waals surface area contributed by atoms with Gasteiger partial charge in [-0.3, -0.25) is 9.69 Å². The Balaban J connectivity index is 1.75. The SMILES string of the molecule is Cc1oc(-c2ccc(F)cc2F)nc1CN1CCCN(C=O)CC1. The highest BCUT2D eigenvalue weighted by Gasteiger charge is 2.19. The largest absolute Gasteiger partial charge is 0.441 e. The van der Waals surface area contributed by atoms with Crippen molar-refractivity contribution in [1.29, 1.82) is 0 Å². The zero-order valence-corrected chi connectivity index (χ0v) is 13.5. The van der Waals surface area contributed by atoms with Gasteiger partial charge in [0, 0.05) is 38.8 Å². The minimum Gasteiger partial charge on any atom is -0.441 e. The summed E-state index contributed by atoms with van der Waals surface area (Å²) in [5, 5.41) is 0. The number of carbonyl (C=O) groups excluding carboxylic acids is 1. The first-order valence-corrected chi connectivity index (χ1v) is 7.90. The molecule has 3 rings (SSSR count). The average Bonchev–Trinajstić information content (AvgIpc) is 2.77. The van der Waals surface area contributed by atoms with E-state index in [0.29, 0.717) is 18.8 Å². The Bertz CT molecular complexity index is 733. The van der Waals surface area contributed by atoms with Crippen molar-refractivity contribution >= 4 is 6.41 Å². The fourth-order valence-corrected chi connectivity index (χ4v) is 2.82. The molecule has 0 aliphatic carbocycles. The minimum absolute atomic E-state index is 0.147. The van der Waals surface area contributed by atoms with Crippen LogP contribution in [0.25, 0.3) is 11.5 Å². The van der Waals surface area contributed by atoms with E-state index in [1.165, 1.54) is 12.1 Å². The number of aryl methyl sites for hydroxylation is 1. The van der Waals surface area contributed by atoms with Crippen LogP contribution in [-0.4, -0.2) is 47.4 Å². The predicted octanol–water partition coefficient (Wildman–Crippen LogP) is 2.59. The van der Waals surface area contributed by atoms with Crippen molar-refractivity contribution in [1.82, 2.24) is 14.8 Å². The molecule has 1 saturated heterocycles.